The Balaban J connectivity index is 3.70. The van der Waals surface area contributed by atoms with Crippen LogP contribution in [0.3, 0.4) is 0 Å². The van der Waals surface area contributed by atoms with Crippen LogP contribution in [0.2, 0.25) is 0 Å². The lowest BCUT2D eigenvalue weighted by molar-refractivity contribution is -0.161. The minimum atomic E-state index is -0.824. The second kappa shape index (κ2) is 41.1. The molecule has 0 heterocycles. The van der Waals surface area contributed by atoms with Gasteiger partial charge in [0.25, 0.3) is 0 Å². The molecule has 6 heteroatoms. The molecule has 0 aliphatic heterocycles. The molecule has 0 spiro atoms. The van der Waals surface area contributed by atoms with Crippen LogP contribution in [0.4, 0.5) is 0 Å². The molecule has 2 atom stereocenters. The number of aliphatic hydroxyl groups excluding tert-OH is 2. The average molecular weight is 727 g/mol. The van der Waals surface area contributed by atoms with E-state index in [-0.39, 0.29) is 25.6 Å². The van der Waals surface area contributed by atoms with Crippen LogP contribution >= 0.6 is 0 Å². The van der Waals surface area contributed by atoms with Crippen molar-refractivity contribution >= 4 is 11.9 Å². The Morgan fingerprint density at radius 3 is 1.58 bits per heavy atom. The van der Waals surface area contributed by atoms with E-state index in [0.717, 1.165) is 44.9 Å². The first-order chi connectivity index (χ1) is 25.5. The van der Waals surface area contributed by atoms with Gasteiger partial charge in [-0.05, 0) is 44.9 Å². The molecule has 0 aliphatic carbocycles. The zero-order valence-electron chi connectivity index (χ0n) is 33.4. The van der Waals surface area contributed by atoms with E-state index < -0.39 is 18.2 Å². The van der Waals surface area contributed by atoms with E-state index in [4.69, 9.17) is 9.47 Å². The fraction of sp³-hybridized carbons (Fsp3) is 0.696. The summed E-state index contributed by atoms with van der Waals surface area (Å²) in [5, 5.41) is 19.4. The number of rotatable bonds is 37. The number of unbranched alkanes of at least 4 members (excludes halogenated alkanes) is 17. The average Bonchev–Trinajstić information content (AvgIpc) is 3.14. The number of hydrogen-bond donors (Lipinski definition) is 2. The van der Waals surface area contributed by atoms with Gasteiger partial charge < -0.3 is 19.7 Å². The topological polar surface area (TPSA) is 93.1 Å². The fourth-order valence-corrected chi connectivity index (χ4v) is 5.66. The van der Waals surface area contributed by atoms with E-state index in [1.807, 2.05) is 30.4 Å². The SMILES string of the molecule is CC/C=C\CC(O)/C=C/C=C/C/C=C\C/C=C\C/C=C\CCC(=O)O[C@@H](CO)COC(=O)CCCCCCCCCCCCCCCCCCCC. The van der Waals surface area contributed by atoms with Crippen molar-refractivity contribution in [3.05, 3.63) is 72.9 Å². The monoisotopic (exact) mass is 727 g/mol. The molecule has 0 aromatic heterocycles. The molecule has 0 rings (SSSR count). The maximum Gasteiger partial charge on any atom is 0.306 e. The van der Waals surface area contributed by atoms with Crippen LogP contribution in [0.5, 0.6) is 0 Å². The summed E-state index contributed by atoms with van der Waals surface area (Å²) >= 11 is 0. The number of allylic oxidation sites excluding steroid dienone is 10. The molecule has 0 saturated heterocycles. The van der Waals surface area contributed by atoms with Gasteiger partial charge in [-0.15, -0.1) is 0 Å². The summed E-state index contributed by atoms with van der Waals surface area (Å²) < 4.78 is 10.5. The number of esters is 2. The maximum absolute atomic E-state index is 12.2. The Morgan fingerprint density at radius 1 is 0.558 bits per heavy atom. The quantitative estimate of drug-likeness (QED) is 0.0286. The van der Waals surface area contributed by atoms with Gasteiger partial charge in [-0.25, -0.2) is 0 Å². The normalized spacial score (nSPS) is 13.5. The van der Waals surface area contributed by atoms with Crippen molar-refractivity contribution in [3.8, 4) is 0 Å². The summed E-state index contributed by atoms with van der Waals surface area (Å²) in [6.45, 7) is 3.87. The predicted octanol–water partition coefficient (Wildman–Crippen LogP) is 12.3. The van der Waals surface area contributed by atoms with E-state index in [1.165, 1.54) is 96.3 Å². The summed E-state index contributed by atoms with van der Waals surface area (Å²) in [7, 11) is 0. The van der Waals surface area contributed by atoms with Crippen LogP contribution in [0.25, 0.3) is 0 Å². The highest BCUT2D eigenvalue weighted by atomic mass is 16.6. The maximum atomic E-state index is 12.2. The molecule has 0 aliphatic rings. The Kier molecular flexibility index (Phi) is 38.9. The van der Waals surface area contributed by atoms with E-state index in [9.17, 15) is 19.8 Å². The zero-order chi connectivity index (χ0) is 38.0. The number of aliphatic hydroxyl groups is 2. The molecule has 6 nitrogen and oxygen atoms in total. The Labute approximate surface area is 319 Å². The molecule has 0 aromatic carbocycles. The number of ether oxygens (including phenoxy) is 2. The molecule has 52 heavy (non-hydrogen) atoms. The molecular formula is C46H78O6. The van der Waals surface area contributed by atoms with Gasteiger partial charge in [0, 0.05) is 12.8 Å². The minimum absolute atomic E-state index is 0.107. The van der Waals surface area contributed by atoms with Gasteiger partial charge in [0.15, 0.2) is 6.10 Å². The van der Waals surface area contributed by atoms with E-state index in [0.29, 0.717) is 19.3 Å². The number of carbonyl (C=O) groups is 2. The standard InChI is InChI=1S/C46H78O6/c1-3-5-7-8-9-10-11-12-13-14-15-16-19-22-25-28-31-35-39-45(49)51-42-44(41-47)52-46(50)40-36-32-29-26-23-20-17-18-21-24-27-30-34-38-43(48)37-33-6-4-2/h6,18,20-21,23,27,29-30,32-34,38,43-44,47-48H,3-5,7-17,19,22,24-26,28,31,35-37,39-42H2,1-2H3/b21-18-,23-20-,30-27+,32-29-,33-6-,38-34+/t43?,44-/m0/s1. The summed E-state index contributed by atoms with van der Waals surface area (Å²) in [5.74, 6) is -0.709. The molecule has 0 radical (unpaired) electrons. The van der Waals surface area contributed by atoms with Crippen LogP contribution < -0.4 is 0 Å². The second-order valence-electron chi connectivity index (χ2n) is 13.9. The predicted molar refractivity (Wildman–Crippen MR) is 220 cm³/mol. The fourth-order valence-electron chi connectivity index (χ4n) is 5.66. The largest absolute Gasteiger partial charge is 0.462 e. The molecule has 0 bridgehead atoms. The van der Waals surface area contributed by atoms with E-state index in [1.54, 1.807) is 6.08 Å². The van der Waals surface area contributed by atoms with E-state index >= 15 is 0 Å². The van der Waals surface area contributed by atoms with Crippen molar-refractivity contribution in [1.82, 2.24) is 0 Å². The third-order valence-corrected chi connectivity index (χ3v) is 8.86. The van der Waals surface area contributed by atoms with Crippen molar-refractivity contribution < 1.29 is 29.3 Å². The lowest BCUT2D eigenvalue weighted by atomic mass is 10.0. The molecule has 0 aromatic rings. The molecule has 0 saturated carbocycles. The third kappa shape index (κ3) is 38.5. The second-order valence-corrected chi connectivity index (χ2v) is 13.9. The Hall–Kier alpha value is -2.70. The highest BCUT2D eigenvalue weighted by Gasteiger charge is 2.15. The van der Waals surface area contributed by atoms with Crippen LogP contribution in [0.15, 0.2) is 72.9 Å². The van der Waals surface area contributed by atoms with Crippen molar-refractivity contribution in [2.75, 3.05) is 13.2 Å². The van der Waals surface area contributed by atoms with Gasteiger partial charge in [-0.2, -0.15) is 0 Å². The van der Waals surface area contributed by atoms with Gasteiger partial charge >= 0.3 is 11.9 Å². The van der Waals surface area contributed by atoms with Gasteiger partial charge in [-0.3, -0.25) is 9.59 Å². The van der Waals surface area contributed by atoms with E-state index in [2.05, 4.69) is 50.3 Å². The lowest BCUT2D eigenvalue weighted by Gasteiger charge is -2.15. The summed E-state index contributed by atoms with van der Waals surface area (Å²) in [4.78, 5) is 24.3. The van der Waals surface area contributed by atoms with Crippen molar-refractivity contribution in [3.63, 3.8) is 0 Å². The van der Waals surface area contributed by atoms with Crippen molar-refractivity contribution in [1.29, 1.82) is 0 Å². The molecule has 298 valence electrons. The van der Waals surface area contributed by atoms with Crippen LogP contribution in [-0.4, -0.2) is 47.6 Å². The highest BCUT2D eigenvalue weighted by molar-refractivity contribution is 5.70. The molecule has 1 unspecified atom stereocenters. The first-order valence-electron chi connectivity index (χ1n) is 21.1. The Bertz CT molecular complexity index is 975. The van der Waals surface area contributed by atoms with Crippen molar-refractivity contribution in [2.24, 2.45) is 0 Å². The molecule has 0 fully saturated rings. The first kappa shape index (κ1) is 49.3. The van der Waals surface area contributed by atoms with Gasteiger partial charge in [-0.1, -0.05) is 196 Å². The zero-order valence-corrected chi connectivity index (χ0v) is 33.4. The first-order valence-corrected chi connectivity index (χ1v) is 21.1. The summed E-state index contributed by atoms with van der Waals surface area (Å²) in [5.41, 5.74) is 0. The number of carbonyl (C=O) groups excluding carboxylic acids is 2. The van der Waals surface area contributed by atoms with Gasteiger partial charge in [0.05, 0.1) is 12.7 Å². The van der Waals surface area contributed by atoms with Gasteiger partial charge in [0.2, 0.25) is 0 Å². The van der Waals surface area contributed by atoms with Crippen LogP contribution in [0.1, 0.15) is 181 Å². The summed E-state index contributed by atoms with van der Waals surface area (Å²) in [6, 6.07) is 0. The Morgan fingerprint density at radius 2 is 1.06 bits per heavy atom. The molecule has 0 amide bonds. The molecular weight excluding hydrogens is 648 g/mol. The van der Waals surface area contributed by atoms with Crippen molar-refractivity contribution in [2.45, 2.75) is 193 Å². The van der Waals surface area contributed by atoms with Crippen LogP contribution in [-0.2, 0) is 19.1 Å². The number of hydrogen-bond acceptors (Lipinski definition) is 6. The van der Waals surface area contributed by atoms with Crippen LogP contribution in [0, 0.1) is 0 Å². The molecule has 2 N–H and O–H groups in total. The third-order valence-electron chi connectivity index (χ3n) is 8.86. The smallest absolute Gasteiger partial charge is 0.306 e. The highest BCUT2D eigenvalue weighted by Crippen LogP contribution is 2.15. The summed E-state index contributed by atoms with van der Waals surface area (Å²) in [6.07, 6.45) is 51.7. The minimum Gasteiger partial charge on any atom is -0.462 e. The van der Waals surface area contributed by atoms with Gasteiger partial charge in [0.1, 0.15) is 6.61 Å². The lowest BCUT2D eigenvalue weighted by Crippen LogP contribution is -2.28.